The number of likely N-dealkylation sites (tertiary alicyclic amines) is 1. The number of hydrogen-bond donors (Lipinski definition) is 6. The van der Waals surface area contributed by atoms with Crippen molar-refractivity contribution in [3.05, 3.63) is 71.3 Å². The number of nitrogens with one attached hydrogen (secondary N) is 3. The Morgan fingerprint density at radius 1 is 1.09 bits per heavy atom. The fraction of sp³-hybridized carbons (Fsp3) is 0.375. The maximum absolute atomic E-state index is 13.3. The molecule has 0 radical (unpaired) electrons. The number of amidine groups is 1. The molecule has 0 bridgehead atoms. The smallest absolute Gasteiger partial charge is 0.243 e. The van der Waals surface area contributed by atoms with Gasteiger partial charge in [-0.1, -0.05) is 54.6 Å². The molecular formula is C24H31N5O4. The number of carbonyl (C=O) groups excluding carboxylic acids is 2. The maximum Gasteiger partial charge on any atom is 0.243 e. The van der Waals surface area contributed by atoms with Crippen LogP contribution >= 0.6 is 0 Å². The summed E-state index contributed by atoms with van der Waals surface area (Å²) in [6.07, 6.45) is 0.0853. The van der Waals surface area contributed by atoms with E-state index in [-0.39, 0.29) is 24.2 Å². The van der Waals surface area contributed by atoms with Gasteiger partial charge in [0, 0.05) is 25.2 Å². The summed E-state index contributed by atoms with van der Waals surface area (Å²) < 4.78 is 0. The van der Waals surface area contributed by atoms with Gasteiger partial charge in [0.05, 0.1) is 6.04 Å². The van der Waals surface area contributed by atoms with E-state index in [2.05, 4.69) is 10.6 Å². The van der Waals surface area contributed by atoms with E-state index in [9.17, 15) is 19.8 Å². The second kappa shape index (κ2) is 11.6. The van der Waals surface area contributed by atoms with Crippen molar-refractivity contribution in [2.45, 2.75) is 44.2 Å². The number of aliphatic hydroxyl groups is 2. The number of nitrogens with zero attached hydrogens (tertiary/aromatic N) is 1. The molecule has 33 heavy (non-hydrogen) atoms. The third-order valence-electron chi connectivity index (χ3n) is 5.70. The van der Waals surface area contributed by atoms with Gasteiger partial charge in [0.1, 0.15) is 11.9 Å². The van der Waals surface area contributed by atoms with E-state index >= 15 is 0 Å². The first-order valence-corrected chi connectivity index (χ1v) is 11.0. The predicted molar refractivity (Wildman–Crippen MR) is 124 cm³/mol. The predicted octanol–water partition coefficient (Wildman–Crippen LogP) is 0.0895. The minimum Gasteiger partial charge on any atom is -0.384 e. The summed E-state index contributed by atoms with van der Waals surface area (Å²) in [7, 11) is 0. The normalized spacial score (nSPS) is 16.6. The summed E-state index contributed by atoms with van der Waals surface area (Å²) >= 11 is 0. The van der Waals surface area contributed by atoms with Gasteiger partial charge in [-0.15, -0.1) is 0 Å². The lowest BCUT2D eigenvalue weighted by atomic mass is 10.0. The van der Waals surface area contributed by atoms with Crippen LogP contribution in [0.25, 0.3) is 0 Å². The number of benzene rings is 2. The van der Waals surface area contributed by atoms with Crippen molar-refractivity contribution in [1.82, 2.24) is 15.5 Å². The first-order chi connectivity index (χ1) is 15.8. The average molecular weight is 454 g/mol. The van der Waals surface area contributed by atoms with Crippen LogP contribution in [0.15, 0.2) is 54.6 Å². The standard InChI is InChI=1S/C24H31N5O4/c25-22(26)18-10-8-17(9-11-18)14-28-23(32)20-7-4-12-29(20)24(33)19(27-15-21(30)31)13-16-5-2-1-3-6-16/h1-3,5-6,8-11,19-21,27,30-31H,4,7,12-15H2,(H3,25,26)(H,28,32)/t19-,20+/m1/s1. The molecule has 2 amide bonds. The quantitative estimate of drug-likeness (QED) is 0.170. The van der Waals surface area contributed by atoms with E-state index in [1.54, 1.807) is 29.2 Å². The Balaban J connectivity index is 1.64. The van der Waals surface area contributed by atoms with Crippen LogP contribution in [0.5, 0.6) is 0 Å². The molecule has 176 valence electrons. The fourth-order valence-electron chi connectivity index (χ4n) is 3.96. The van der Waals surface area contributed by atoms with Gasteiger partial charge in [-0.25, -0.2) is 0 Å². The van der Waals surface area contributed by atoms with Crippen LogP contribution in [0.2, 0.25) is 0 Å². The first kappa shape index (κ1) is 24.4. The minimum absolute atomic E-state index is 0.0157. The molecule has 0 saturated carbocycles. The summed E-state index contributed by atoms with van der Waals surface area (Å²) in [5.74, 6) is -0.474. The molecule has 1 aliphatic heterocycles. The minimum atomic E-state index is -1.58. The van der Waals surface area contributed by atoms with Gasteiger partial charge in [-0.2, -0.15) is 0 Å². The summed E-state index contributed by atoms with van der Waals surface area (Å²) in [6.45, 7) is 0.626. The number of nitrogen functional groups attached to an aromatic ring is 1. The van der Waals surface area contributed by atoms with Gasteiger partial charge >= 0.3 is 0 Å². The molecule has 1 aliphatic rings. The van der Waals surface area contributed by atoms with E-state index in [1.807, 2.05) is 30.3 Å². The molecule has 2 aromatic rings. The summed E-state index contributed by atoms with van der Waals surface area (Å²) in [4.78, 5) is 27.8. The van der Waals surface area contributed by atoms with Crippen molar-refractivity contribution in [3.8, 4) is 0 Å². The Bertz CT molecular complexity index is 949. The average Bonchev–Trinajstić information content (AvgIpc) is 3.30. The van der Waals surface area contributed by atoms with Crippen molar-refractivity contribution in [2.24, 2.45) is 5.73 Å². The van der Waals surface area contributed by atoms with Crippen molar-refractivity contribution >= 4 is 17.6 Å². The second-order valence-corrected chi connectivity index (χ2v) is 8.15. The van der Waals surface area contributed by atoms with Gasteiger partial charge in [-0.05, 0) is 30.4 Å². The molecule has 7 N–H and O–H groups in total. The Morgan fingerprint density at radius 2 is 1.79 bits per heavy atom. The number of nitrogens with two attached hydrogens (primary N) is 1. The molecule has 9 heteroatoms. The second-order valence-electron chi connectivity index (χ2n) is 8.15. The largest absolute Gasteiger partial charge is 0.384 e. The van der Waals surface area contributed by atoms with Gasteiger partial charge in [0.25, 0.3) is 0 Å². The zero-order chi connectivity index (χ0) is 23.8. The number of amides is 2. The zero-order valence-corrected chi connectivity index (χ0v) is 18.4. The van der Waals surface area contributed by atoms with E-state index in [4.69, 9.17) is 11.1 Å². The van der Waals surface area contributed by atoms with Gasteiger partial charge in [-0.3, -0.25) is 15.0 Å². The highest BCUT2D eigenvalue weighted by Gasteiger charge is 2.37. The van der Waals surface area contributed by atoms with Crippen molar-refractivity contribution < 1.29 is 19.8 Å². The maximum atomic E-state index is 13.3. The molecule has 9 nitrogen and oxygen atoms in total. The van der Waals surface area contributed by atoms with Gasteiger partial charge in [0.15, 0.2) is 6.29 Å². The van der Waals surface area contributed by atoms with E-state index in [0.29, 0.717) is 31.5 Å². The molecule has 0 aromatic heterocycles. The molecule has 0 unspecified atom stereocenters. The van der Waals surface area contributed by atoms with Crippen LogP contribution in [0.1, 0.15) is 29.5 Å². The Hall–Kier alpha value is -3.27. The number of carbonyl (C=O) groups is 2. The van der Waals surface area contributed by atoms with E-state index in [1.165, 1.54) is 0 Å². The third kappa shape index (κ3) is 6.85. The Kier molecular flexibility index (Phi) is 8.53. The molecule has 3 rings (SSSR count). The lowest BCUT2D eigenvalue weighted by Gasteiger charge is -2.29. The molecule has 1 heterocycles. The van der Waals surface area contributed by atoms with Gasteiger partial charge < -0.3 is 31.5 Å². The van der Waals surface area contributed by atoms with Crippen LogP contribution in [-0.4, -0.2) is 64.2 Å². The van der Waals surface area contributed by atoms with Crippen molar-refractivity contribution in [3.63, 3.8) is 0 Å². The molecule has 1 saturated heterocycles. The molecule has 2 aromatic carbocycles. The summed E-state index contributed by atoms with van der Waals surface area (Å²) in [5.41, 5.74) is 7.88. The number of aliphatic hydroxyl groups excluding tert-OH is 1. The monoisotopic (exact) mass is 453 g/mol. The topological polar surface area (TPSA) is 152 Å². The van der Waals surface area contributed by atoms with Gasteiger partial charge in [0.2, 0.25) is 11.8 Å². The zero-order valence-electron chi connectivity index (χ0n) is 18.4. The van der Waals surface area contributed by atoms with Crippen LogP contribution in [-0.2, 0) is 22.6 Å². The highest BCUT2D eigenvalue weighted by Crippen LogP contribution is 2.20. The van der Waals surface area contributed by atoms with E-state index < -0.39 is 18.4 Å². The fourth-order valence-corrected chi connectivity index (χ4v) is 3.96. The van der Waals surface area contributed by atoms with Crippen LogP contribution in [0, 0.1) is 5.41 Å². The summed E-state index contributed by atoms with van der Waals surface area (Å²) in [6, 6.07) is 15.3. The molecule has 0 spiro atoms. The molecule has 1 fully saturated rings. The third-order valence-corrected chi connectivity index (χ3v) is 5.70. The van der Waals surface area contributed by atoms with E-state index in [0.717, 1.165) is 17.5 Å². The molecular weight excluding hydrogens is 422 g/mol. The number of rotatable bonds is 10. The lowest BCUT2D eigenvalue weighted by molar-refractivity contribution is -0.140. The van der Waals surface area contributed by atoms with Crippen molar-refractivity contribution in [1.29, 1.82) is 5.41 Å². The highest BCUT2D eigenvalue weighted by molar-refractivity contribution is 5.95. The van der Waals surface area contributed by atoms with Crippen molar-refractivity contribution in [2.75, 3.05) is 13.1 Å². The lowest BCUT2D eigenvalue weighted by Crippen LogP contribution is -2.54. The Morgan fingerprint density at radius 3 is 2.42 bits per heavy atom. The molecule has 0 aliphatic carbocycles. The first-order valence-electron chi connectivity index (χ1n) is 11.0. The molecule has 2 atom stereocenters. The van der Waals surface area contributed by atoms with Crippen LogP contribution < -0.4 is 16.4 Å². The summed E-state index contributed by atoms with van der Waals surface area (Å²) in [5, 5.41) is 31.8. The van der Waals surface area contributed by atoms with Crippen LogP contribution in [0.4, 0.5) is 0 Å². The SMILES string of the molecule is N=C(N)c1ccc(CNC(=O)[C@@H]2CCCN2C(=O)[C@@H](Cc2ccccc2)NCC(O)O)cc1. The van der Waals surface area contributed by atoms with Crippen LogP contribution in [0.3, 0.4) is 0 Å². The highest BCUT2D eigenvalue weighted by atomic mass is 16.5. The number of hydrogen-bond acceptors (Lipinski definition) is 6. The Labute approximate surface area is 193 Å².